The van der Waals surface area contributed by atoms with Crippen LogP contribution in [0.5, 0.6) is 5.75 Å². The monoisotopic (exact) mass is 862 g/mol. The van der Waals surface area contributed by atoms with Gasteiger partial charge in [-0.15, -0.1) is 0 Å². The zero-order chi connectivity index (χ0) is 44.7. The third-order valence-corrected chi connectivity index (χ3v) is 13.1. The van der Waals surface area contributed by atoms with E-state index in [4.69, 9.17) is 28.9 Å². The molecule has 2 fully saturated rings. The van der Waals surface area contributed by atoms with Gasteiger partial charge in [-0.05, 0) is 76.9 Å². The van der Waals surface area contributed by atoms with Gasteiger partial charge in [-0.2, -0.15) is 0 Å². The Morgan fingerprint density at radius 3 is 2.29 bits per heavy atom. The van der Waals surface area contributed by atoms with Gasteiger partial charge >= 0.3 is 12.2 Å². The Balaban J connectivity index is 1.05. The van der Waals surface area contributed by atoms with Crippen LogP contribution in [-0.2, 0) is 30.4 Å². The lowest BCUT2D eigenvalue weighted by molar-refractivity contribution is -0.136. The standard InChI is InChI=1S/C47H58N8O8/c1-9-26(5)40(53-47(59)62-8)45(57)54-20-25(4)14-36(54)42-48-19-35(50-42)29-10-12-31-30(16-29)23-63-38-18-32-28(17-33(31)38)11-13-34-41(32)51-43(49-34)37-15-27(22-60-6)21-55(37)44(56)39(24(2)3)52-46(58)61-7/h10-13,16-19,24-27,36-37,39-40H,9,14-15,20-23H2,1-8H3,(H,48,50)(H,49,51)(H,52,58)(H,53,59)/t25-,26-,27-,36?,37-,39?,40-/m0/s1. The van der Waals surface area contributed by atoms with Crippen molar-refractivity contribution in [3.8, 4) is 28.1 Å². The first-order chi connectivity index (χ1) is 30.3. The molecular formula is C47H58N8O8. The highest BCUT2D eigenvalue weighted by molar-refractivity contribution is 6.07. The second kappa shape index (κ2) is 17.9. The zero-order valence-electron chi connectivity index (χ0n) is 37.2. The number of nitrogens with zero attached hydrogens (tertiary/aromatic N) is 4. The maximum atomic E-state index is 14.1. The SMILES string of the molecule is CC[C@H](C)[C@H](NC(=O)OC)C(=O)N1C[C@@H](C)CC1c1ncc(-c2ccc3c(c2)COc2cc4c(ccc5[nH]c([C@@H]6C[C@H](COC)CN6C(=O)C(NC(=O)OC)C(C)C)nc54)cc2-3)[nH]1. The number of imidazole rings is 2. The molecule has 16 nitrogen and oxygen atoms in total. The quantitative estimate of drug-likeness (QED) is 0.0992. The Labute approximate surface area is 366 Å². The summed E-state index contributed by atoms with van der Waals surface area (Å²) < 4.78 is 21.6. The molecule has 8 rings (SSSR count). The van der Waals surface area contributed by atoms with Crippen LogP contribution in [0.1, 0.15) is 83.2 Å². The number of hydrogen-bond acceptors (Lipinski definition) is 10. The number of carbonyl (C=O) groups is 4. The number of carbonyl (C=O) groups excluding carboxylic acids is 4. The van der Waals surface area contributed by atoms with Crippen LogP contribution in [0.15, 0.2) is 48.7 Å². The number of aromatic nitrogens is 4. The second-order valence-corrected chi connectivity index (χ2v) is 17.8. The van der Waals surface area contributed by atoms with Crippen LogP contribution in [-0.4, -0.2) is 107 Å². The number of rotatable bonds is 12. The summed E-state index contributed by atoms with van der Waals surface area (Å²) in [7, 11) is 4.25. The minimum absolute atomic E-state index is 0.0791. The predicted octanol–water partition coefficient (Wildman–Crippen LogP) is 7.26. The number of hydrogen-bond donors (Lipinski definition) is 4. The fourth-order valence-corrected chi connectivity index (χ4v) is 9.54. The first-order valence-electron chi connectivity index (χ1n) is 21.9. The molecule has 63 heavy (non-hydrogen) atoms. The summed E-state index contributed by atoms with van der Waals surface area (Å²) in [6, 6.07) is 12.5. The van der Waals surface area contributed by atoms with E-state index in [1.54, 1.807) is 7.11 Å². The summed E-state index contributed by atoms with van der Waals surface area (Å²) in [6.07, 6.45) is 2.67. The number of amides is 4. The highest BCUT2D eigenvalue weighted by Gasteiger charge is 2.43. The molecule has 4 amide bonds. The maximum Gasteiger partial charge on any atom is 0.407 e. The van der Waals surface area contributed by atoms with Gasteiger partial charge < -0.3 is 49.3 Å². The molecule has 3 aliphatic heterocycles. The highest BCUT2D eigenvalue weighted by atomic mass is 16.5. The van der Waals surface area contributed by atoms with E-state index in [-0.39, 0.29) is 47.6 Å². The molecule has 334 valence electrons. The third kappa shape index (κ3) is 8.40. The molecule has 2 saturated heterocycles. The Morgan fingerprint density at radius 2 is 1.57 bits per heavy atom. The van der Waals surface area contributed by atoms with E-state index in [2.05, 4.69) is 63.9 Å². The van der Waals surface area contributed by atoms with Crippen LogP contribution in [0.3, 0.4) is 0 Å². The van der Waals surface area contributed by atoms with Crippen LogP contribution in [0.2, 0.25) is 0 Å². The van der Waals surface area contributed by atoms with Crippen molar-refractivity contribution in [1.82, 2.24) is 40.4 Å². The van der Waals surface area contributed by atoms with Gasteiger partial charge in [-0.3, -0.25) is 9.59 Å². The van der Waals surface area contributed by atoms with Gasteiger partial charge in [0, 0.05) is 37.1 Å². The van der Waals surface area contributed by atoms with Gasteiger partial charge in [-0.1, -0.05) is 59.2 Å². The Hall–Kier alpha value is -6.16. The van der Waals surface area contributed by atoms with Gasteiger partial charge in [0.1, 0.15) is 36.1 Å². The van der Waals surface area contributed by atoms with Gasteiger partial charge in [0.15, 0.2) is 0 Å². The number of aromatic amines is 2. The first-order valence-corrected chi connectivity index (χ1v) is 21.9. The van der Waals surface area contributed by atoms with Crippen LogP contribution in [0.25, 0.3) is 44.2 Å². The van der Waals surface area contributed by atoms with Gasteiger partial charge in [0.25, 0.3) is 0 Å². The fourth-order valence-electron chi connectivity index (χ4n) is 9.54. The number of methoxy groups -OCH3 is 3. The van der Waals surface area contributed by atoms with Gasteiger partial charge in [-0.25, -0.2) is 19.6 Å². The van der Waals surface area contributed by atoms with Crippen molar-refractivity contribution in [2.75, 3.05) is 41.0 Å². The van der Waals surface area contributed by atoms with E-state index in [1.165, 1.54) is 14.2 Å². The van der Waals surface area contributed by atoms with Crippen molar-refractivity contribution in [2.45, 2.75) is 84.7 Å². The molecule has 5 heterocycles. The summed E-state index contributed by atoms with van der Waals surface area (Å²) in [5.41, 5.74) is 6.51. The van der Waals surface area contributed by atoms with E-state index in [1.807, 2.05) is 49.8 Å². The molecule has 0 aliphatic carbocycles. The topological polar surface area (TPSA) is 193 Å². The number of alkyl carbamates (subject to hydrolysis) is 2. The van der Waals surface area contributed by atoms with Crippen molar-refractivity contribution in [1.29, 1.82) is 0 Å². The number of H-pyrrole nitrogens is 2. The third-order valence-electron chi connectivity index (χ3n) is 13.1. The van der Waals surface area contributed by atoms with Crippen molar-refractivity contribution in [3.63, 3.8) is 0 Å². The molecule has 0 saturated carbocycles. The van der Waals surface area contributed by atoms with Crippen molar-refractivity contribution < 1.29 is 38.1 Å². The molecule has 0 bridgehead atoms. The predicted molar refractivity (Wildman–Crippen MR) is 237 cm³/mol. The molecule has 0 spiro atoms. The number of fused-ring (bicyclic) bond motifs is 6. The van der Waals surface area contributed by atoms with E-state index < -0.39 is 24.3 Å². The molecule has 16 heteroatoms. The average molecular weight is 863 g/mol. The Bertz CT molecular complexity index is 2530. The lowest BCUT2D eigenvalue weighted by Gasteiger charge is -2.30. The van der Waals surface area contributed by atoms with E-state index >= 15 is 0 Å². The van der Waals surface area contributed by atoms with Crippen LogP contribution in [0.4, 0.5) is 9.59 Å². The normalized spacial score (nSPS) is 20.8. The van der Waals surface area contributed by atoms with Crippen LogP contribution in [0, 0.1) is 23.7 Å². The van der Waals surface area contributed by atoms with Crippen molar-refractivity contribution in [3.05, 3.63) is 65.9 Å². The van der Waals surface area contributed by atoms with Crippen LogP contribution < -0.4 is 15.4 Å². The molecule has 5 aromatic rings. The number of ether oxygens (including phenoxy) is 4. The second-order valence-electron chi connectivity index (χ2n) is 17.8. The molecule has 3 aliphatic rings. The molecule has 0 radical (unpaired) electrons. The Kier molecular flexibility index (Phi) is 12.4. The fraction of sp³-hybridized carbons (Fsp3) is 0.489. The smallest absolute Gasteiger partial charge is 0.407 e. The number of likely N-dealkylation sites (tertiary alicyclic amines) is 2. The molecule has 3 aromatic carbocycles. The van der Waals surface area contributed by atoms with E-state index in [9.17, 15) is 19.2 Å². The summed E-state index contributed by atoms with van der Waals surface area (Å²) in [5.74, 6) is 1.93. The molecule has 2 unspecified atom stereocenters. The van der Waals surface area contributed by atoms with E-state index in [0.29, 0.717) is 44.4 Å². The maximum absolute atomic E-state index is 14.1. The van der Waals surface area contributed by atoms with Gasteiger partial charge in [0.05, 0.1) is 55.8 Å². The molecule has 7 atom stereocenters. The summed E-state index contributed by atoms with van der Waals surface area (Å²) in [5, 5.41) is 7.43. The summed E-state index contributed by atoms with van der Waals surface area (Å²) >= 11 is 0. The first kappa shape index (κ1) is 43.5. The average Bonchev–Trinajstić information content (AvgIpc) is 4.11. The summed E-state index contributed by atoms with van der Waals surface area (Å²) in [6.45, 7) is 11.8. The summed E-state index contributed by atoms with van der Waals surface area (Å²) in [4.78, 5) is 73.1. The lowest BCUT2D eigenvalue weighted by atomic mass is 9.92. The highest BCUT2D eigenvalue weighted by Crippen LogP contribution is 2.44. The minimum Gasteiger partial charge on any atom is -0.488 e. The van der Waals surface area contributed by atoms with Gasteiger partial charge in [0.2, 0.25) is 11.8 Å². The minimum atomic E-state index is -0.762. The van der Waals surface area contributed by atoms with Crippen molar-refractivity contribution in [2.24, 2.45) is 23.7 Å². The molecular weight excluding hydrogens is 805 g/mol. The van der Waals surface area contributed by atoms with Crippen LogP contribution >= 0.6 is 0 Å². The van der Waals surface area contributed by atoms with E-state index in [0.717, 1.165) is 68.3 Å². The molecule has 2 aromatic heterocycles. The Morgan fingerprint density at radius 1 is 0.857 bits per heavy atom. The number of nitrogens with one attached hydrogen (secondary N) is 4. The largest absolute Gasteiger partial charge is 0.488 e. The number of benzene rings is 3. The van der Waals surface area contributed by atoms with Crippen molar-refractivity contribution >= 4 is 45.8 Å². The zero-order valence-corrected chi connectivity index (χ0v) is 37.2. The molecule has 4 N–H and O–H groups in total. The lowest BCUT2D eigenvalue weighted by Crippen LogP contribution is -2.51.